The number of non-ortho nitro benzene ring substituents is 1. The van der Waals surface area contributed by atoms with Crippen LogP contribution in [0.25, 0.3) is 11.0 Å². The van der Waals surface area contributed by atoms with Crippen LogP contribution >= 0.6 is 0 Å². The average molecular weight is 354 g/mol. The molecular weight excluding hydrogens is 340 g/mol. The Morgan fingerprint density at radius 3 is 2.77 bits per heavy atom. The van der Waals surface area contributed by atoms with Gasteiger partial charge in [0.25, 0.3) is 5.69 Å². The molecule has 1 heterocycles. The molecule has 2 aromatic carbocycles. The van der Waals surface area contributed by atoms with E-state index in [0.717, 1.165) is 0 Å². The third-order valence-corrected chi connectivity index (χ3v) is 3.57. The number of amides is 1. The van der Waals surface area contributed by atoms with Crippen molar-refractivity contribution in [2.75, 3.05) is 5.32 Å². The maximum Gasteiger partial charge on any atom is 0.336 e. The van der Waals surface area contributed by atoms with Crippen molar-refractivity contribution in [3.63, 3.8) is 0 Å². The number of benzene rings is 2. The Morgan fingerprint density at radius 1 is 1.23 bits per heavy atom. The van der Waals surface area contributed by atoms with E-state index in [9.17, 15) is 19.7 Å². The number of carbonyl (C=O) groups excluding carboxylic acids is 1. The van der Waals surface area contributed by atoms with Crippen molar-refractivity contribution in [3.05, 3.63) is 74.6 Å². The van der Waals surface area contributed by atoms with Crippen molar-refractivity contribution in [1.29, 1.82) is 0 Å². The molecule has 0 spiro atoms. The zero-order valence-corrected chi connectivity index (χ0v) is 13.7. The van der Waals surface area contributed by atoms with E-state index in [0.29, 0.717) is 28.0 Å². The summed E-state index contributed by atoms with van der Waals surface area (Å²) in [5, 5.41) is 14.1. The minimum atomic E-state index is -0.560. The molecule has 0 radical (unpaired) electrons. The Kier molecular flexibility index (Phi) is 4.66. The van der Waals surface area contributed by atoms with Crippen molar-refractivity contribution >= 4 is 28.3 Å². The lowest BCUT2D eigenvalue weighted by atomic mass is 10.1. The quantitative estimate of drug-likeness (QED) is 0.428. The predicted molar refractivity (Wildman–Crippen MR) is 94.2 cm³/mol. The highest BCUT2D eigenvalue weighted by atomic mass is 16.6. The molecule has 26 heavy (non-hydrogen) atoms. The van der Waals surface area contributed by atoms with Gasteiger partial charge in [0, 0.05) is 41.8 Å². The first kappa shape index (κ1) is 17.2. The lowest BCUT2D eigenvalue weighted by Crippen LogP contribution is -2.07. The van der Waals surface area contributed by atoms with Gasteiger partial charge in [-0.25, -0.2) is 4.79 Å². The van der Waals surface area contributed by atoms with E-state index in [1.54, 1.807) is 24.3 Å². The Balaban J connectivity index is 1.90. The molecule has 1 aromatic heterocycles. The number of fused-ring (bicyclic) bond motifs is 1. The minimum absolute atomic E-state index is 0.0305. The monoisotopic (exact) mass is 354 g/mol. The summed E-state index contributed by atoms with van der Waals surface area (Å²) >= 11 is 0. The van der Waals surface area contributed by atoms with Crippen LogP contribution in [0.1, 0.15) is 12.5 Å². The highest BCUT2D eigenvalue weighted by Crippen LogP contribution is 2.24. The lowest BCUT2D eigenvalue weighted by Gasteiger charge is -2.09. The summed E-state index contributed by atoms with van der Waals surface area (Å²) in [6, 6.07) is 12.0. The van der Waals surface area contributed by atoms with E-state index in [1.807, 2.05) is 0 Å². The van der Waals surface area contributed by atoms with Crippen molar-refractivity contribution in [2.45, 2.75) is 13.5 Å². The number of anilines is 1. The van der Waals surface area contributed by atoms with Crippen LogP contribution in [0.5, 0.6) is 5.75 Å². The number of rotatable bonds is 5. The van der Waals surface area contributed by atoms with Gasteiger partial charge in [0.1, 0.15) is 17.9 Å². The molecule has 0 aliphatic rings. The predicted octanol–water partition coefficient (Wildman–Crippen LogP) is 3.24. The molecule has 0 aliphatic heterocycles. The molecule has 3 rings (SSSR count). The maximum absolute atomic E-state index is 11.8. The van der Waals surface area contributed by atoms with E-state index in [-0.39, 0.29) is 18.2 Å². The first-order valence-electron chi connectivity index (χ1n) is 7.64. The average Bonchev–Trinajstić information content (AvgIpc) is 2.59. The zero-order chi connectivity index (χ0) is 18.7. The standard InChI is InChI=1S/C18H14N2O6/c1-11(21)19-13-5-6-16-12(7-18(22)26-17(16)8-13)10-25-15-4-2-3-14(9-15)20(23)24/h2-9H,10H2,1H3,(H,19,21). The number of ether oxygens (including phenoxy) is 1. The van der Waals surface area contributed by atoms with Gasteiger partial charge in [-0.3, -0.25) is 14.9 Å². The SMILES string of the molecule is CC(=O)Nc1ccc2c(COc3cccc([N+](=O)[O-])c3)cc(=O)oc2c1. The second-order valence-electron chi connectivity index (χ2n) is 5.53. The van der Waals surface area contributed by atoms with E-state index in [4.69, 9.17) is 9.15 Å². The highest BCUT2D eigenvalue weighted by molar-refractivity contribution is 5.92. The molecule has 0 unspecified atom stereocenters. The first-order valence-corrected chi connectivity index (χ1v) is 7.64. The third-order valence-electron chi connectivity index (χ3n) is 3.57. The van der Waals surface area contributed by atoms with Gasteiger partial charge in [-0.15, -0.1) is 0 Å². The van der Waals surface area contributed by atoms with Gasteiger partial charge in [0.2, 0.25) is 5.91 Å². The largest absolute Gasteiger partial charge is 0.489 e. The second-order valence-corrected chi connectivity index (χ2v) is 5.53. The van der Waals surface area contributed by atoms with Gasteiger partial charge in [0.05, 0.1) is 11.0 Å². The fourth-order valence-electron chi connectivity index (χ4n) is 2.48. The molecule has 0 aliphatic carbocycles. The summed E-state index contributed by atoms with van der Waals surface area (Å²) in [6.07, 6.45) is 0. The minimum Gasteiger partial charge on any atom is -0.489 e. The van der Waals surface area contributed by atoms with Crippen LogP contribution in [-0.4, -0.2) is 10.8 Å². The molecule has 0 fully saturated rings. The van der Waals surface area contributed by atoms with Crippen molar-refractivity contribution in [1.82, 2.24) is 0 Å². The number of carbonyl (C=O) groups is 1. The van der Waals surface area contributed by atoms with Crippen LogP contribution in [0.3, 0.4) is 0 Å². The summed E-state index contributed by atoms with van der Waals surface area (Å²) in [4.78, 5) is 33.3. The Morgan fingerprint density at radius 2 is 2.04 bits per heavy atom. The van der Waals surface area contributed by atoms with Crippen LogP contribution < -0.4 is 15.7 Å². The normalized spacial score (nSPS) is 10.5. The van der Waals surface area contributed by atoms with Crippen LogP contribution in [-0.2, 0) is 11.4 Å². The molecule has 0 bridgehead atoms. The summed E-state index contributed by atoms with van der Waals surface area (Å²) in [5.74, 6) is 0.0762. The molecule has 1 N–H and O–H groups in total. The van der Waals surface area contributed by atoms with Crippen LogP contribution in [0.2, 0.25) is 0 Å². The van der Waals surface area contributed by atoms with Gasteiger partial charge < -0.3 is 14.5 Å². The molecule has 3 aromatic rings. The smallest absolute Gasteiger partial charge is 0.336 e. The summed E-state index contributed by atoms with van der Waals surface area (Å²) in [5.41, 5.74) is 0.735. The molecule has 132 valence electrons. The molecule has 0 saturated carbocycles. The number of nitrogens with one attached hydrogen (secondary N) is 1. The van der Waals surface area contributed by atoms with Crippen molar-refractivity contribution < 1.29 is 18.9 Å². The fourth-order valence-corrected chi connectivity index (χ4v) is 2.48. The molecule has 1 amide bonds. The van der Waals surface area contributed by atoms with Crippen molar-refractivity contribution in [2.24, 2.45) is 0 Å². The number of hydrogen-bond acceptors (Lipinski definition) is 6. The Labute approximate surface area is 147 Å². The number of nitro groups is 1. The zero-order valence-electron chi connectivity index (χ0n) is 13.7. The topological polar surface area (TPSA) is 112 Å². The maximum atomic E-state index is 11.8. The summed E-state index contributed by atoms with van der Waals surface area (Å²) in [7, 11) is 0. The van der Waals surface area contributed by atoms with E-state index in [1.165, 1.54) is 31.2 Å². The van der Waals surface area contributed by atoms with E-state index in [2.05, 4.69) is 5.32 Å². The second kappa shape index (κ2) is 7.06. The van der Waals surface area contributed by atoms with Gasteiger partial charge in [-0.05, 0) is 18.2 Å². The molecule has 0 atom stereocenters. The van der Waals surface area contributed by atoms with Gasteiger partial charge in [-0.1, -0.05) is 6.07 Å². The molecule has 8 heteroatoms. The summed E-state index contributed by atoms with van der Waals surface area (Å²) < 4.78 is 10.8. The fraction of sp³-hybridized carbons (Fsp3) is 0.111. The van der Waals surface area contributed by atoms with Gasteiger partial charge in [-0.2, -0.15) is 0 Å². The first-order chi connectivity index (χ1) is 12.4. The van der Waals surface area contributed by atoms with Crippen LogP contribution in [0, 0.1) is 10.1 Å². The lowest BCUT2D eigenvalue weighted by molar-refractivity contribution is -0.384. The van der Waals surface area contributed by atoms with Crippen molar-refractivity contribution in [3.8, 4) is 5.75 Å². The van der Waals surface area contributed by atoms with Gasteiger partial charge in [0.15, 0.2) is 0 Å². The summed E-state index contributed by atoms with van der Waals surface area (Å²) in [6.45, 7) is 1.41. The van der Waals surface area contributed by atoms with Gasteiger partial charge >= 0.3 is 5.63 Å². The molecule has 0 saturated heterocycles. The molecular formula is C18H14N2O6. The van der Waals surface area contributed by atoms with E-state index < -0.39 is 10.5 Å². The molecule has 8 nitrogen and oxygen atoms in total. The Hall–Kier alpha value is -3.68. The van der Waals surface area contributed by atoms with E-state index >= 15 is 0 Å². The van der Waals surface area contributed by atoms with Crippen LogP contribution in [0.15, 0.2) is 57.7 Å². The third kappa shape index (κ3) is 3.86. The van der Waals surface area contributed by atoms with Crippen LogP contribution in [0.4, 0.5) is 11.4 Å². The Bertz CT molecular complexity index is 1060. The highest BCUT2D eigenvalue weighted by Gasteiger charge is 2.10. The number of nitrogens with zero attached hydrogens (tertiary/aromatic N) is 1. The number of hydrogen-bond donors (Lipinski definition) is 1. The number of nitro benzene ring substituents is 1.